The molecule has 5 heteroatoms. The van der Waals surface area contributed by atoms with Crippen molar-refractivity contribution < 1.29 is 0 Å². The van der Waals surface area contributed by atoms with E-state index in [9.17, 15) is 0 Å². The van der Waals surface area contributed by atoms with Crippen molar-refractivity contribution in [1.82, 2.24) is 10.6 Å². The zero-order chi connectivity index (χ0) is 7.98. The van der Waals surface area contributed by atoms with Crippen LogP contribution in [0.25, 0.3) is 0 Å². The first-order valence-corrected chi connectivity index (χ1v) is 3.82. The molecule has 0 aliphatic heterocycles. The second-order valence-corrected chi connectivity index (χ2v) is 2.59. The second kappa shape index (κ2) is 5.37. The molecule has 0 aliphatic rings. The van der Waals surface area contributed by atoms with Crippen LogP contribution in [0.15, 0.2) is 0 Å². The number of nitrogens with one attached hydrogen (secondary N) is 2. The molecule has 0 radical (unpaired) electrons. The highest BCUT2D eigenvalue weighted by atomic mass is 32.1. The van der Waals surface area contributed by atoms with Gasteiger partial charge in [-0.25, -0.2) is 0 Å². The number of rotatable bonds is 2. The summed E-state index contributed by atoms with van der Waals surface area (Å²) in [5.41, 5.74) is 5.16. The van der Waals surface area contributed by atoms with Crippen molar-refractivity contribution in [3.63, 3.8) is 0 Å². The van der Waals surface area contributed by atoms with Gasteiger partial charge in [0.05, 0.1) is 0 Å². The van der Waals surface area contributed by atoms with Gasteiger partial charge in [-0.15, -0.1) is 0 Å². The lowest BCUT2D eigenvalue weighted by atomic mass is 10.5. The van der Waals surface area contributed by atoms with Crippen LogP contribution in [-0.4, -0.2) is 16.8 Å². The molecule has 0 saturated carbocycles. The van der Waals surface area contributed by atoms with E-state index in [1.807, 2.05) is 0 Å². The third-order valence-corrected chi connectivity index (χ3v) is 1.12. The first-order valence-electron chi connectivity index (χ1n) is 3.01. The fraction of sp³-hybridized carbons (Fsp3) is 0.600. The molecule has 0 unspecified atom stereocenters. The lowest BCUT2D eigenvalue weighted by molar-refractivity contribution is 0.836. The Kier molecular flexibility index (Phi) is 5.15. The second-order valence-electron chi connectivity index (χ2n) is 1.75. The molecular weight excluding hydrogens is 166 g/mol. The number of thiocarbonyl (C=S) groups is 2. The normalized spacial score (nSPS) is 8.50. The summed E-state index contributed by atoms with van der Waals surface area (Å²) < 4.78 is 0. The van der Waals surface area contributed by atoms with Gasteiger partial charge >= 0.3 is 0 Å². The van der Waals surface area contributed by atoms with E-state index in [2.05, 4.69) is 29.8 Å². The van der Waals surface area contributed by atoms with Crippen LogP contribution in [0.3, 0.4) is 0 Å². The molecule has 0 spiro atoms. The monoisotopic (exact) mass is 177 g/mol. The summed E-state index contributed by atoms with van der Waals surface area (Å²) in [4.78, 5) is 0. The Morgan fingerprint density at radius 3 is 2.50 bits per heavy atom. The van der Waals surface area contributed by atoms with Gasteiger partial charge in [0, 0.05) is 6.54 Å². The minimum Gasteiger partial charge on any atom is -0.376 e. The predicted molar refractivity (Wildman–Crippen MR) is 50.8 cm³/mol. The molecule has 0 aromatic rings. The van der Waals surface area contributed by atoms with E-state index >= 15 is 0 Å². The van der Waals surface area contributed by atoms with E-state index < -0.39 is 0 Å². The van der Waals surface area contributed by atoms with Crippen LogP contribution in [0.4, 0.5) is 0 Å². The van der Waals surface area contributed by atoms with Crippen LogP contribution in [-0.2, 0) is 0 Å². The fourth-order valence-corrected chi connectivity index (χ4v) is 0.773. The zero-order valence-corrected chi connectivity index (χ0v) is 7.44. The predicted octanol–water partition coefficient (Wildman–Crippen LogP) is 0.104. The molecule has 3 nitrogen and oxygen atoms in total. The maximum Gasteiger partial charge on any atom is 0.172 e. The van der Waals surface area contributed by atoms with Gasteiger partial charge in [-0.2, -0.15) is 0 Å². The third kappa shape index (κ3) is 5.71. The average Bonchev–Trinajstić information content (AvgIpc) is 1.82. The van der Waals surface area contributed by atoms with E-state index in [1.54, 1.807) is 0 Å². The van der Waals surface area contributed by atoms with E-state index in [0.717, 1.165) is 13.0 Å². The van der Waals surface area contributed by atoms with Gasteiger partial charge in [0.1, 0.15) is 0 Å². The Morgan fingerprint density at radius 1 is 1.50 bits per heavy atom. The van der Waals surface area contributed by atoms with Gasteiger partial charge in [-0.05, 0) is 30.9 Å². The van der Waals surface area contributed by atoms with Gasteiger partial charge in [-0.1, -0.05) is 6.92 Å². The maximum absolute atomic E-state index is 5.16. The fourth-order valence-electron chi connectivity index (χ4n) is 0.395. The standard InChI is InChI=1S/C5H11N3S2/c1-2-3-7-5(10)8-4(6)9/h2-3H2,1H3,(H4,6,7,8,9,10). The van der Waals surface area contributed by atoms with Gasteiger partial charge in [0.25, 0.3) is 0 Å². The molecule has 0 aromatic heterocycles. The third-order valence-electron chi connectivity index (χ3n) is 0.772. The first kappa shape index (κ1) is 9.58. The zero-order valence-electron chi connectivity index (χ0n) is 5.81. The Morgan fingerprint density at radius 2 is 2.10 bits per heavy atom. The largest absolute Gasteiger partial charge is 0.376 e. The van der Waals surface area contributed by atoms with Crippen LogP contribution in [0.5, 0.6) is 0 Å². The summed E-state index contributed by atoms with van der Waals surface area (Å²) in [6.45, 7) is 2.89. The van der Waals surface area contributed by atoms with Crippen LogP contribution in [0.2, 0.25) is 0 Å². The lowest BCUT2D eigenvalue weighted by Gasteiger charge is -2.06. The molecule has 0 bridgehead atoms. The highest BCUT2D eigenvalue weighted by Crippen LogP contribution is 1.71. The Hall–Kier alpha value is -0.420. The molecule has 0 amide bonds. The first-order chi connectivity index (χ1) is 4.66. The molecule has 0 aromatic carbocycles. The average molecular weight is 177 g/mol. The van der Waals surface area contributed by atoms with Crippen LogP contribution < -0.4 is 16.4 Å². The molecule has 0 atom stereocenters. The summed E-state index contributed by atoms with van der Waals surface area (Å²) in [5, 5.41) is 6.22. The van der Waals surface area contributed by atoms with Crippen LogP contribution in [0.1, 0.15) is 13.3 Å². The number of hydrogen-bond acceptors (Lipinski definition) is 2. The summed E-state index contributed by atoms with van der Waals surface area (Å²) in [5.74, 6) is 0. The minimum atomic E-state index is 0.202. The van der Waals surface area contributed by atoms with Crippen LogP contribution >= 0.6 is 24.4 Å². The lowest BCUT2D eigenvalue weighted by Crippen LogP contribution is -2.42. The van der Waals surface area contributed by atoms with Crippen molar-refractivity contribution in [2.24, 2.45) is 5.73 Å². The van der Waals surface area contributed by atoms with Crippen molar-refractivity contribution in [2.45, 2.75) is 13.3 Å². The summed E-state index contributed by atoms with van der Waals surface area (Å²) in [7, 11) is 0. The maximum atomic E-state index is 5.16. The molecule has 0 saturated heterocycles. The van der Waals surface area contributed by atoms with Gasteiger partial charge in [0.2, 0.25) is 0 Å². The van der Waals surface area contributed by atoms with E-state index in [0.29, 0.717) is 5.11 Å². The molecule has 0 fully saturated rings. The van der Waals surface area contributed by atoms with Gasteiger partial charge in [0.15, 0.2) is 10.2 Å². The van der Waals surface area contributed by atoms with Crippen molar-refractivity contribution in [2.75, 3.05) is 6.54 Å². The molecule has 0 rings (SSSR count). The molecule has 0 aliphatic carbocycles. The molecule has 4 N–H and O–H groups in total. The summed E-state index contributed by atoms with van der Waals surface area (Å²) in [6.07, 6.45) is 1.03. The molecular formula is C5H11N3S2. The summed E-state index contributed by atoms with van der Waals surface area (Å²) >= 11 is 9.37. The minimum absolute atomic E-state index is 0.202. The topological polar surface area (TPSA) is 50.1 Å². The quantitative estimate of drug-likeness (QED) is 0.522. The van der Waals surface area contributed by atoms with Crippen molar-refractivity contribution in [3.05, 3.63) is 0 Å². The van der Waals surface area contributed by atoms with E-state index in [-0.39, 0.29) is 5.11 Å². The Balaban J connectivity index is 3.35. The molecule has 0 heterocycles. The molecule has 58 valence electrons. The van der Waals surface area contributed by atoms with Gasteiger partial charge in [-0.3, -0.25) is 0 Å². The Bertz CT molecular complexity index is 135. The smallest absolute Gasteiger partial charge is 0.172 e. The van der Waals surface area contributed by atoms with Gasteiger partial charge < -0.3 is 16.4 Å². The SMILES string of the molecule is CCCNC(=S)NC(N)=S. The summed E-state index contributed by atoms with van der Waals surface area (Å²) in [6, 6.07) is 0. The Labute approximate surface area is 71.4 Å². The number of nitrogens with two attached hydrogens (primary N) is 1. The van der Waals surface area contributed by atoms with Crippen molar-refractivity contribution in [1.29, 1.82) is 0 Å². The molecule has 10 heavy (non-hydrogen) atoms. The highest BCUT2D eigenvalue weighted by Gasteiger charge is 1.92. The van der Waals surface area contributed by atoms with Crippen molar-refractivity contribution >= 4 is 34.7 Å². The highest BCUT2D eigenvalue weighted by molar-refractivity contribution is 7.81. The van der Waals surface area contributed by atoms with E-state index in [4.69, 9.17) is 18.0 Å². The van der Waals surface area contributed by atoms with Crippen LogP contribution in [0, 0.1) is 0 Å². The van der Waals surface area contributed by atoms with Crippen molar-refractivity contribution in [3.8, 4) is 0 Å². The number of hydrogen-bond donors (Lipinski definition) is 3. The van der Waals surface area contributed by atoms with E-state index in [1.165, 1.54) is 0 Å².